The predicted molar refractivity (Wildman–Crippen MR) is 87.2 cm³/mol. The molecule has 2 saturated heterocycles. The van der Waals surface area contributed by atoms with Gasteiger partial charge in [0.2, 0.25) is 0 Å². The summed E-state index contributed by atoms with van der Waals surface area (Å²) >= 11 is 0. The van der Waals surface area contributed by atoms with Crippen molar-refractivity contribution in [2.45, 2.75) is 31.8 Å². The number of aliphatic carboxylic acids is 1. The van der Waals surface area contributed by atoms with Crippen LogP contribution in [-0.4, -0.2) is 54.3 Å². The fourth-order valence-electron chi connectivity index (χ4n) is 3.17. The number of carbonyl (C=O) groups is 2. The Hall–Kier alpha value is -2.08. The van der Waals surface area contributed by atoms with E-state index in [9.17, 15) is 9.59 Å². The maximum absolute atomic E-state index is 12.5. The summed E-state index contributed by atoms with van der Waals surface area (Å²) < 4.78 is 11.2. The molecule has 0 saturated carbocycles. The SMILES string of the molecule is O=C(O)C1CCN(C(=O)c2ccc(OC[C@@H]3CCCO3)cc2)CC1. The average Bonchev–Trinajstić information content (AvgIpc) is 3.13. The van der Waals surface area contributed by atoms with E-state index in [0.29, 0.717) is 38.1 Å². The topological polar surface area (TPSA) is 76.1 Å². The van der Waals surface area contributed by atoms with Crippen molar-refractivity contribution in [1.82, 2.24) is 4.90 Å². The zero-order valence-electron chi connectivity index (χ0n) is 13.6. The lowest BCUT2D eigenvalue weighted by Gasteiger charge is -2.30. The zero-order valence-corrected chi connectivity index (χ0v) is 13.6. The Morgan fingerprint density at radius 1 is 1.17 bits per heavy atom. The molecule has 0 radical (unpaired) electrons. The van der Waals surface area contributed by atoms with Gasteiger partial charge in [0.05, 0.1) is 12.0 Å². The van der Waals surface area contributed by atoms with Crippen LogP contribution in [0.15, 0.2) is 24.3 Å². The Kier molecular flexibility index (Phi) is 5.35. The van der Waals surface area contributed by atoms with Crippen molar-refractivity contribution in [3.8, 4) is 5.75 Å². The third-order valence-corrected chi connectivity index (χ3v) is 4.69. The molecule has 24 heavy (non-hydrogen) atoms. The first-order chi connectivity index (χ1) is 11.6. The molecule has 0 aliphatic carbocycles. The van der Waals surface area contributed by atoms with Gasteiger partial charge >= 0.3 is 5.97 Å². The Balaban J connectivity index is 1.51. The van der Waals surface area contributed by atoms with Crippen molar-refractivity contribution in [1.29, 1.82) is 0 Å². The van der Waals surface area contributed by atoms with E-state index in [1.54, 1.807) is 29.2 Å². The number of nitrogens with zero attached hydrogens (tertiary/aromatic N) is 1. The smallest absolute Gasteiger partial charge is 0.306 e. The first-order valence-electron chi connectivity index (χ1n) is 8.50. The lowest BCUT2D eigenvalue weighted by Crippen LogP contribution is -2.40. The van der Waals surface area contributed by atoms with Crippen molar-refractivity contribution in [2.75, 3.05) is 26.3 Å². The summed E-state index contributed by atoms with van der Waals surface area (Å²) in [5, 5.41) is 9.01. The van der Waals surface area contributed by atoms with Crippen molar-refractivity contribution in [3.05, 3.63) is 29.8 Å². The molecule has 0 spiro atoms. The molecule has 2 heterocycles. The van der Waals surface area contributed by atoms with Crippen molar-refractivity contribution in [2.24, 2.45) is 5.92 Å². The molecule has 0 unspecified atom stereocenters. The van der Waals surface area contributed by atoms with Gasteiger partial charge < -0.3 is 19.5 Å². The minimum Gasteiger partial charge on any atom is -0.491 e. The van der Waals surface area contributed by atoms with Crippen molar-refractivity contribution >= 4 is 11.9 Å². The summed E-state index contributed by atoms with van der Waals surface area (Å²) in [7, 11) is 0. The van der Waals surface area contributed by atoms with Gasteiger partial charge in [-0.15, -0.1) is 0 Å². The lowest BCUT2D eigenvalue weighted by molar-refractivity contribution is -0.143. The molecule has 6 heteroatoms. The standard InChI is InChI=1S/C18H23NO5/c20-17(19-9-7-14(8-10-19)18(21)22)13-3-5-15(6-4-13)24-12-16-2-1-11-23-16/h3-6,14,16H,1-2,7-12H2,(H,21,22)/t16-/m0/s1. The molecule has 2 aliphatic rings. The second kappa shape index (κ2) is 7.66. The lowest BCUT2D eigenvalue weighted by atomic mass is 9.96. The number of carbonyl (C=O) groups excluding carboxylic acids is 1. The normalized spacial score (nSPS) is 21.7. The first kappa shape index (κ1) is 16.8. The van der Waals surface area contributed by atoms with Crippen molar-refractivity contribution in [3.63, 3.8) is 0 Å². The van der Waals surface area contributed by atoms with Crippen LogP contribution in [0.25, 0.3) is 0 Å². The number of amides is 1. The maximum Gasteiger partial charge on any atom is 0.306 e. The fourth-order valence-corrected chi connectivity index (χ4v) is 3.17. The Bertz CT molecular complexity index is 572. The van der Waals surface area contributed by atoms with E-state index >= 15 is 0 Å². The van der Waals surface area contributed by atoms with Crippen LogP contribution in [0.4, 0.5) is 0 Å². The summed E-state index contributed by atoms with van der Waals surface area (Å²) in [5.41, 5.74) is 0.605. The molecule has 2 fully saturated rings. The highest BCUT2D eigenvalue weighted by atomic mass is 16.5. The van der Waals surface area contributed by atoms with Crippen LogP contribution < -0.4 is 4.74 Å². The number of ether oxygens (including phenoxy) is 2. The average molecular weight is 333 g/mol. The molecule has 1 atom stereocenters. The molecule has 130 valence electrons. The third-order valence-electron chi connectivity index (χ3n) is 4.69. The number of carboxylic acid groups (broad SMARTS) is 1. The van der Waals surface area contributed by atoms with Crippen LogP contribution in [0.3, 0.4) is 0 Å². The summed E-state index contributed by atoms with van der Waals surface area (Å²) in [6.45, 7) is 2.33. The number of rotatable bonds is 5. The minimum atomic E-state index is -0.769. The largest absolute Gasteiger partial charge is 0.491 e. The molecule has 2 aliphatic heterocycles. The van der Waals surface area contributed by atoms with Crippen LogP contribution in [0.1, 0.15) is 36.0 Å². The van der Waals surface area contributed by atoms with Gasteiger partial charge in [0.15, 0.2) is 0 Å². The molecule has 0 aromatic heterocycles. The fraction of sp³-hybridized carbons (Fsp3) is 0.556. The molecule has 1 aromatic rings. The van der Waals surface area contributed by atoms with E-state index in [0.717, 1.165) is 25.2 Å². The second-order valence-corrected chi connectivity index (χ2v) is 6.38. The van der Waals surface area contributed by atoms with Crippen LogP contribution in [-0.2, 0) is 9.53 Å². The number of likely N-dealkylation sites (tertiary alicyclic amines) is 1. The van der Waals surface area contributed by atoms with Crippen LogP contribution in [0.5, 0.6) is 5.75 Å². The number of piperidine rings is 1. The Morgan fingerprint density at radius 3 is 2.46 bits per heavy atom. The van der Waals surface area contributed by atoms with E-state index in [-0.39, 0.29) is 17.9 Å². The highest BCUT2D eigenvalue weighted by Gasteiger charge is 2.27. The second-order valence-electron chi connectivity index (χ2n) is 6.38. The first-order valence-corrected chi connectivity index (χ1v) is 8.50. The summed E-state index contributed by atoms with van der Waals surface area (Å²) in [6, 6.07) is 7.12. The molecule has 1 N–H and O–H groups in total. The molecule has 6 nitrogen and oxygen atoms in total. The molecule has 1 aromatic carbocycles. The van der Waals surface area contributed by atoms with Crippen LogP contribution in [0.2, 0.25) is 0 Å². The van der Waals surface area contributed by atoms with E-state index in [1.165, 1.54) is 0 Å². The Morgan fingerprint density at radius 2 is 1.88 bits per heavy atom. The van der Waals surface area contributed by atoms with Gasteiger partial charge in [0.25, 0.3) is 5.91 Å². The predicted octanol–water partition coefficient (Wildman–Crippen LogP) is 2.18. The molecule has 0 bridgehead atoms. The van der Waals surface area contributed by atoms with Crippen LogP contribution >= 0.6 is 0 Å². The number of benzene rings is 1. The summed E-state index contributed by atoms with van der Waals surface area (Å²) in [5.74, 6) is -0.423. The highest BCUT2D eigenvalue weighted by Crippen LogP contribution is 2.21. The molecule has 3 rings (SSSR count). The monoisotopic (exact) mass is 333 g/mol. The van der Waals surface area contributed by atoms with Gasteiger partial charge in [0.1, 0.15) is 12.4 Å². The number of hydrogen-bond donors (Lipinski definition) is 1. The maximum atomic E-state index is 12.5. The van der Waals surface area contributed by atoms with Gasteiger partial charge in [-0.2, -0.15) is 0 Å². The van der Waals surface area contributed by atoms with E-state index in [2.05, 4.69) is 0 Å². The number of carboxylic acids is 1. The van der Waals surface area contributed by atoms with Gasteiger partial charge in [-0.1, -0.05) is 0 Å². The molecular formula is C18H23NO5. The van der Waals surface area contributed by atoms with Gasteiger partial charge in [-0.05, 0) is 49.9 Å². The Labute approximate surface area is 141 Å². The van der Waals surface area contributed by atoms with Crippen molar-refractivity contribution < 1.29 is 24.2 Å². The van der Waals surface area contributed by atoms with E-state index in [4.69, 9.17) is 14.6 Å². The minimum absolute atomic E-state index is 0.0514. The molecule has 1 amide bonds. The zero-order chi connectivity index (χ0) is 16.9. The van der Waals surface area contributed by atoms with Crippen LogP contribution in [0, 0.1) is 5.92 Å². The number of hydrogen-bond acceptors (Lipinski definition) is 4. The molecular weight excluding hydrogens is 310 g/mol. The van der Waals surface area contributed by atoms with Gasteiger partial charge in [-0.25, -0.2) is 0 Å². The quantitative estimate of drug-likeness (QED) is 0.894. The summed E-state index contributed by atoms with van der Waals surface area (Å²) in [4.78, 5) is 25.2. The summed E-state index contributed by atoms with van der Waals surface area (Å²) in [6.07, 6.45) is 3.32. The highest BCUT2D eigenvalue weighted by molar-refractivity contribution is 5.94. The van der Waals surface area contributed by atoms with Gasteiger partial charge in [-0.3, -0.25) is 9.59 Å². The third kappa shape index (κ3) is 4.06. The van der Waals surface area contributed by atoms with Gasteiger partial charge in [0, 0.05) is 25.3 Å². The van der Waals surface area contributed by atoms with E-state index < -0.39 is 5.97 Å². The van der Waals surface area contributed by atoms with E-state index in [1.807, 2.05) is 0 Å².